The van der Waals surface area contributed by atoms with E-state index in [1.165, 1.54) is 18.4 Å². The molecule has 1 aliphatic rings. The summed E-state index contributed by atoms with van der Waals surface area (Å²) in [7, 11) is -1.93. The van der Waals surface area contributed by atoms with Crippen LogP contribution in [0.25, 0.3) is 0 Å². The van der Waals surface area contributed by atoms with Gasteiger partial charge < -0.3 is 5.73 Å². The van der Waals surface area contributed by atoms with E-state index in [9.17, 15) is 8.42 Å². The van der Waals surface area contributed by atoms with Crippen molar-refractivity contribution in [3.05, 3.63) is 20.8 Å². The highest BCUT2D eigenvalue weighted by atomic mass is 79.9. The Morgan fingerprint density at radius 3 is 2.88 bits per heavy atom. The zero-order chi connectivity index (χ0) is 11.9. The highest BCUT2D eigenvalue weighted by Gasteiger charge is 2.32. The summed E-state index contributed by atoms with van der Waals surface area (Å²) < 4.78 is 25.4. The average molecular weight is 324 g/mol. The van der Waals surface area contributed by atoms with E-state index in [2.05, 4.69) is 20.9 Å². The van der Waals surface area contributed by atoms with Crippen LogP contribution in [0.2, 0.25) is 0 Å². The van der Waals surface area contributed by atoms with Crippen molar-refractivity contribution in [1.29, 1.82) is 0 Å². The number of nitrogens with zero attached hydrogens (tertiary/aromatic N) is 2. The van der Waals surface area contributed by atoms with Crippen LogP contribution in [0, 0.1) is 0 Å². The first-order valence-corrected chi connectivity index (χ1v) is 7.73. The van der Waals surface area contributed by atoms with Crippen molar-refractivity contribution >= 4 is 43.2 Å². The lowest BCUT2D eigenvalue weighted by Crippen LogP contribution is -2.44. The van der Waals surface area contributed by atoms with Gasteiger partial charge >= 0.3 is 0 Å². The fraction of sp³-hybridized carbons (Fsp3) is 0.375. The van der Waals surface area contributed by atoms with Crippen molar-refractivity contribution in [2.45, 2.75) is 6.04 Å². The van der Waals surface area contributed by atoms with Crippen molar-refractivity contribution in [2.75, 3.05) is 12.8 Å². The molecule has 1 aromatic rings. The molecule has 0 radical (unpaired) electrons. The van der Waals surface area contributed by atoms with Gasteiger partial charge in [-0.2, -0.15) is 0 Å². The van der Waals surface area contributed by atoms with Gasteiger partial charge in [-0.3, -0.25) is 0 Å². The molecule has 0 saturated heterocycles. The van der Waals surface area contributed by atoms with Crippen LogP contribution in [-0.2, 0) is 10.0 Å². The Balaban J connectivity index is 2.44. The molecule has 1 aliphatic heterocycles. The van der Waals surface area contributed by atoms with Crippen LogP contribution in [0.5, 0.6) is 0 Å². The summed E-state index contributed by atoms with van der Waals surface area (Å²) in [6.45, 7) is 0. The summed E-state index contributed by atoms with van der Waals surface area (Å²) in [5, 5.41) is 1.88. The Morgan fingerprint density at radius 1 is 1.69 bits per heavy atom. The number of aliphatic imine (C=N–C) groups is 1. The minimum Gasteiger partial charge on any atom is -0.369 e. The first-order valence-electron chi connectivity index (χ1n) is 4.44. The lowest BCUT2D eigenvalue weighted by molar-refractivity contribution is 0.532. The summed E-state index contributed by atoms with van der Waals surface area (Å²) in [4.78, 5) is 5.07. The minimum absolute atomic E-state index is 0.0384. The van der Waals surface area contributed by atoms with Crippen LogP contribution < -0.4 is 5.73 Å². The van der Waals surface area contributed by atoms with E-state index < -0.39 is 16.1 Å². The molecule has 0 unspecified atom stereocenters. The van der Waals surface area contributed by atoms with Crippen molar-refractivity contribution < 1.29 is 8.42 Å². The molecule has 2 N–H and O–H groups in total. The van der Waals surface area contributed by atoms with Gasteiger partial charge in [0, 0.05) is 16.4 Å². The molecule has 2 rings (SSSR count). The average Bonchev–Trinajstić information content (AvgIpc) is 2.60. The van der Waals surface area contributed by atoms with Crippen molar-refractivity contribution in [1.82, 2.24) is 4.31 Å². The third-order valence-electron chi connectivity index (χ3n) is 2.34. The van der Waals surface area contributed by atoms with Gasteiger partial charge in [-0.1, -0.05) is 0 Å². The molecule has 5 nitrogen and oxygen atoms in total. The molecule has 0 saturated carbocycles. The van der Waals surface area contributed by atoms with Crippen LogP contribution in [-0.4, -0.2) is 31.5 Å². The smallest absolute Gasteiger partial charge is 0.239 e. The van der Waals surface area contributed by atoms with E-state index in [0.717, 1.165) is 13.7 Å². The molecular weight excluding hydrogens is 314 g/mol. The number of hydrogen-bond acceptors (Lipinski definition) is 5. The maximum absolute atomic E-state index is 11.8. The van der Waals surface area contributed by atoms with Crippen LogP contribution in [0.1, 0.15) is 10.9 Å². The fourth-order valence-corrected chi connectivity index (χ4v) is 4.39. The summed E-state index contributed by atoms with van der Waals surface area (Å²) in [5.74, 6) is 0.0000926. The lowest BCUT2D eigenvalue weighted by atomic mass is 10.3. The van der Waals surface area contributed by atoms with Crippen molar-refractivity contribution in [2.24, 2.45) is 10.7 Å². The third kappa shape index (κ3) is 1.96. The van der Waals surface area contributed by atoms with E-state index >= 15 is 0 Å². The molecule has 88 valence electrons. The van der Waals surface area contributed by atoms with Gasteiger partial charge in [0.2, 0.25) is 16.0 Å². The predicted molar refractivity (Wildman–Crippen MR) is 67.9 cm³/mol. The zero-order valence-corrected chi connectivity index (χ0v) is 11.6. The molecule has 0 aliphatic carbocycles. The van der Waals surface area contributed by atoms with Crippen molar-refractivity contribution in [3.63, 3.8) is 0 Å². The van der Waals surface area contributed by atoms with Gasteiger partial charge in [0.05, 0.1) is 5.75 Å². The van der Waals surface area contributed by atoms with E-state index in [0.29, 0.717) is 0 Å². The largest absolute Gasteiger partial charge is 0.369 e. The second-order valence-corrected chi connectivity index (χ2v) is 7.23. The van der Waals surface area contributed by atoms with Gasteiger partial charge in [0.1, 0.15) is 6.04 Å². The van der Waals surface area contributed by atoms with E-state index in [1.807, 2.05) is 11.4 Å². The number of rotatable bonds is 1. The summed E-state index contributed by atoms with van der Waals surface area (Å²) in [5.41, 5.74) is 5.59. The van der Waals surface area contributed by atoms with E-state index in [-0.39, 0.29) is 11.7 Å². The molecule has 2 heterocycles. The Bertz CT molecular complexity index is 537. The number of thiophene rings is 1. The monoisotopic (exact) mass is 323 g/mol. The van der Waals surface area contributed by atoms with Crippen LogP contribution >= 0.6 is 27.3 Å². The molecule has 8 heteroatoms. The third-order valence-corrected chi connectivity index (χ3v) is 6.07. The summed E-state index contributed by atoms with van der Waals surface area (Å²) in [6, 6.07) is 1.46. The van der Waals surface area contributed by atoms with Gasteiger partial charge in [-0.05, 0) is 27.4 Å². The molecule has 0 spiro atoms. The van der Waals surface area contributed by atoms with E-state index in [1.54, 1.807) is 0 Å². The lowest BCUT2D eigenvalue weighted by Gasteiger charge is -2.26. The molecule has 1 atom stereocenters. The van der Waals surface area contributed by atoms with Gasteiger partial charge in [-0.25, -0.2) is 17.7 Å². The Hall–Kier alpha value is -0.600. The molecule has 1 aromatic heterocycles. The van der Waals surface area contributed by atoms with Gasteiger partial charge in [-0.15, -0.1) is 11.3 Å². The highest BCUT2D eigenvalue weighted by molar-refractivity contribution is 9.10. The number of nitrogens with two attached hydrogens (primary N) is 1. The second kappa shape index (κ2) is 4.01. The van der Waals surface area contributed by atoms with Crippen LogP contribution in [0.3, 0.4) is 0 Å². The summed E-state index contributed by atoms with van der Waals surface area (Å²) in [6.07, 6.45) is 0. The normalized spacial score (nSPS) is 24.2. The van der Waals surface area contributed by atoms with E-state index in [4.69, 9.17) is 5.73 Å². The minimum atomic E-state index is -3.34. The standard InChI is InChI=1S/C8H10BrN3O2S2/c1-12-8(10)11-6(4-16(12,13)14)7-5(9)2-3-15-7/h2-3,6H,4H2,1H3,(H2,10,11)/t6-/m0/s1. The molecule has 0 fully saturated rings. The number of halogens is 1. The second-order valence-electron chi connectivity index (χ2n) is 3.38. The maximum Gasteiger partial charge on any atom is 0.239 e. The topological polar surface area (TPSA) is 75.8 Å². The molecule has 0 bridgehead atoms. The van der Waals surface area contributed by atoms with Crippen LogP contribution in [0.4, 0.5) is 0 Å². The van der Waals surface area contributed by atoms with Gasteiger partial charge in [0.25, 0.3) is 0 Å². The summed E-state index contributed by atoms with van der Waals surface area (Å²) >= 11 is 4.83. The first-order chi connectivity index (χ1) is 7.42. The molecule has 16 heavy (non-hydrogen) atoms. The SMILES string of the molecule is CN1C(N)=N[C@H](c2sccc2Br)CS1(=O)=O. The van der Waals surface area contributed by atoms with Gasteiger partial charge in [0.15, 0.2) is 0 Å². The Kier molecular flexibility index (Phi) is 2.97. The zero-order valence-electron chi connectivity index (χ0n) is 8.42. The fourth-order valence-electron chi connectivity index (χ4n) is 1.41. The molecule has 0 amide bonds. The highest BCUT2D eigenvalue weighted by Crippen LogP contribution is 2.34. The number of guanidine groups is 1. The quantitative estimate of drug-likeness (QED) is 0.842. The molecule has 0 aromatic carbocycles. The van der Waals surface area contributed by atoms with Crippen LogP contribution in [0.15, 0.2) is 20.9 Å². The van der Waals surface area contributed by atoms with Crippen molar-refractivity contribution in [3.8, 4) is 0 Å². The Labute approximate surface area is 106 Å². The maximum atomic E-state index is 11.8. The molecular formula is C8H10BrN3O2S2. The Morgan fingerprint density at radius 2 is 2.38 bits per heavy atom. The first kappa shape index (κ1) is 11.9. The number of hydrogen-bond donors (Lipinski definition) is 1. The number of sulfonamides is 1. The predicted octanol–water partition coefficient (Wildman–Crippen LogP) is 1.14.